The lowest BCUT2D eigenvalue weighted by atomic mass is 10.1. The Labute approximate surface area is 167 Å². The molecule has 0 saturated carbocycles. The van der Waals surface area contributed by atoms with E-state index in [9.17, 15) is 9.59 Å². The fraction of sp³-hybridized carbons (Fsp3) is 0.174. The Hall–Kier alpha value is -3.67. The van der Waals surface area contributed by atoms with Gasteiger partial charge in [0, 0.05) is 11.9 Å². The van der Waals surface area contributed by atoms with Gasteiger partial charge in [-0.15, -0.1) is 0 Å². The van der Waals surface area contributed by atoms with Gasteiger partial charge in [-0.1, -0.05) is 25.1 Å². The van der Waals surface area contributed by atoms with E-state index in [1.807, 2.05) is 37.3 Å². The Morgan fingerprint density at radius 3 is 2.76 bits per heavy atom. The van der Waals surface area contributed by atoms with E-state index in [0.29, 0.717) is 34.5 Å². The summed E-state index contributed by atoms with van der Waals surface area (Å²) in [5.41, 5.74) is 3.13. The van der Waals surface area contributed by atoms with Crippen LogP contribution in [0.2, 0.25) is 0 Å². The molecule has 0 unspecified atom stereocenters. The fourth-order valence-corrected chi connectivity index (χ4v) is 3.37. The highest BCUT2D eigenvalue weighted by Gasteiger charge is 2.15. The van der Waals surface area contributed by atoms with Gasteiger partial charge in [0.05, 0.1) is 35.0 Å². The molecule has 0 aliphatic heterocycles. The lowest BCUT2D eigenvalue weighted by molar-refractivity contribution is 0.102. The standard InChI is InChI=1S/C23H21N3O3/c1-3-16-7-4-5-9-20(16)25-22(27)18-13-19-21(24-15(18)2)10-11-26(23(19)28)14-17-8-6-12-29-17/h4-13H,3,14H2,1-2H3,(H,25,27). The summed E-state index contributed by atoms with van der Waals surface area (Å²) in [7, 11) is 0. The molecule has 6 nitrogen and oxygen atoms in total. The van der Waals surface area contributed by atoms with Crippen molar-refractivity contribution in [1.82, 2.24) is 9.55 Å². The van der Waals surface area contributed by atoms with Gasteiger partial charge in [-0.25, -0.2) is 0 Å². The molecule has 146 valence electrons. The van der Waals surface area contributed by atoms with E-state index in [1.54, 1.807) is 42.1 Å². The van der Waals surface area contributed by atoms with Gasteiger partial charge in [-0.2, -0.15) is 0 Å². The van der Waals surface area contributed by atoms with Crippen molar-refractivity contribution in [2.45, 2.75) is 26.8 Å². The van der Waals surface area contributed by atoms with Crippen molar-refractivity contribution in [3.63, 3.8) is 0 Å². The third-order valence-corrected chi connectivity index (χ3v) is 4.94. The zero-order chi connectivity index (χ0) is 20.4. The maximum Gasteiger partial charge on any atom is 0.260 e. The monoisotopic (exact) mass is 387 g/mol. The fourth-order valence-electron chi connectivity index (χ4n) is 3.37. The van der Waals surface area contributed by atoms with Gasteiger partial charge >= 0.3 is 0 Å². The average molecular weight is 387 g/mol. The Kier molecular flexibility index (Phi) is 4.99. The smallest absolute Gasteiger partial charge is 0.260 e. The second kappa shape index (κ2) is 7.75. The van der Waals surface area contributed by atoms with Crippen molar-refractivity contribution in [3.8, 4) is 0 Å². The number of nitrogens with one attached hydrogen (secondary N) is 1. The molecule has 0 fully saturated rings. The number of nitrogens with zero attached hydrogens (tertiary/aromatic N) is 2. The summed E-state index contributed by atoms with van der Waals surface area (Å²) in [5.74, 6) is 0.402. The number of hydrogen-bond acceptors (Lipinski definition) is 4. The number of fused-ring (bicyclic) bond motifs is 1. The number of amides is 1. The zero-order valence-electron chi connectivity index (χ0n) is 16.3. The molecular weight excluding hydrogens is 366 g/mol. The van der Waals surface area contributed by atoms with Crippen LogP contribution in [-0.4, -0.2) is 15.5 Å². The van der Waals surface area contributed by atoms with Crippen LogP contribution < -0.4 is 10.9 Å². The molecule has 0 radical (unpaired) electrons. The number of para-hydroxylation sites is 1. The first kappa shape index (κ1) is 18.7. The van der Waals surface area contributed by atoms with Crippen LogP contribution in [0.1, 0.15) is 34.3 Å². The topological polar surface area (TPSA) is 77.1 Å². The van der Waals surface area contributed by atoms with Crippen LogP contribution in [0.15, 0.2) is 70.2 Å². The molecule has 1 amide bonds. The number of rotatable bonds is 5. The molecule has 0 spiro atoms. The highest BCUT2D eigenvalue weighted by molar-refractivity contribution is 6.07. The normalized spacial score (nSPS) is 11.0. The predicted octanol–water partition coefficient (Wildman–Crippen LogP) is 4.16. The van der Waals surface area contributed by atoms with Crippen molar-refractivity contribution in [2.24, 2.45) is 0 Å². The minimum atomic E-state index is -0.279. The molecule has 3 aromatic heterocycles. The summed E-state index contributed by atoms with van der Waals surface area (Å²) < 4.78 is 6.88. The van der Waals surface area contributed by atoms with Crippen molar-refractivity contribution in [2.75, 3.05) is 5.32 Å². The van der Waals surface area contributed by atoms with E-state index < -0.39 is 0 Å². The minimum absolute atomic E-state index is 0.214. The van der Waals surface area contributed by atoms with Crippen molar-refractivity contribution in [1.29, 1.82) is 0 Å². The molecule has 0 atom stereocenters. The van der Waals surface area contributed by atoms with Crippen LogP contribution in [0, 0.1) is 6.92 Å². The number of pyridine rings is 2. The molecular formula is C23H21N3O3. The molecule has 4 aromatic rings. The van der Waals surface area contributed by atoms with E-state index in [1.165, 1.54) is 0 Å². The van der Waals surface area contributed by atoms with E-state index in [-0.39, 0.29) is 11.5 Å². The SMILES string of the molecule is CCc1ccccc1NC(=O)c1cc2c(=O)n(Cc3ccco3)ccc2nc1C. The molecule has 29 heavy (non-hydrogen) atoms. The summed E-state index contributed by atoms with van der Waals surface area (Å²) in [5, 5.41) is 3.35. The van der Waals surface area contributed by atoms with E-state index >= 15 is 0 Å². The first-order valence-electron chi connectivity index (χ1n) is 9.49. The Morgan fingerprint density at radius 2 is 2.00 bits per heavy atom. The number of anilines is 1. The second-order valence-electron chi connectivity index (χ2n) is 6.85. The lowest BCUT2D eigenvalue weighted by Gasteiger charge is -2.12. The van der Waals surface area contributed by atoms with E-state index in [2.05, 4.69) is 10.3 Å². The van der Waals surface area contributed by atoms with Gasteiger partial charge < -0.3 is 14.3 Å². The van der Waals surface area contributed by atoms with Crippen LogP contribution in [0.5, 0.6) is 0 Å². The quantitative estimate of drug-likeness (QED) is 0.558. The minimum Gasteiger partial charge on any atom is -0.467 e. The van der Waals surface area contributed by atoms with E-state index in [4.69, 9.17) is 4.42 Å². The number of aromatic nitrogens is 2. The molecule has 0 aliphatic rings. The number of hydrogen-bond donors (Lipinski definition) is 1. The first-order chi connectivity index (χ1) is 14.1. The second-order valence-corrected chi connectivity index (χ2v) is 6.85. The van der Waals surface area contributed by atoms with Gasteiger partial charge in [-0.05, 0) is 49.2 Å². The van der Waals surface area contributed by atoms with Gasteiger partial charge in [0.2, 0.25) is 0 Å². The lowest BCUT2D eigenvalue weighted by Crippen LogP contribution is -2.22. The highest BCUT2D eigenvalue weighted by atomic mass is 16.3. The number of carbonyl (C=O) groups excluding carboxylic acids is 1. The summed E-state index contributed by atoms with van der Waals surface area (Å²) in [4.78, 5) is 30.4. The van der Waals surface area contributed by atoms with Crippen molar-refractivity contribution in [3.05, 3.63) is 93.9 Å². The van der Waals surface area contributed by atoms with Crippen LogP contribution in [0.4, 0.5) is 5.69 Å². The predicted molar refractivity (Wildman–Crippen MR) is 112 cm³/mol. The van der Waals surface area contributed by atoms with Gasteiger partial charge in [0.25, 0.3) is 11.5 Å². The average Bonchev–Trinajstić information content (AvgIpc) is 3.23. The highest BCUT2D eigenvalue weighted by Crippen LogP contribution is 2.19. The van der Waals surface area contributed by atoms with Crippen LogP contribution in [0.3, 0.4) is 0 Å². The molecule has 0 aliphatic carbocycles. The maximum atomic E-state index is 12.9. The molecule has 3 heterocycles. The third-order valence-electron chi connectivity index (χ3n) is 4.94. The third kappa shape index (κ3) is 3.69. The van der Waals surface area contributed by atoms with Crippen LogP contribution in [-0.2, 0) is 13.0 Å². The zero-order valence-corrected chi connectivity index (χ0v) is 16.3. The number of carbonyl (C=O) groups is 1. The van der Waals surface area contributed by atoms with Crippen LogP contribution >= 0.6 is 0 Å². The summed E-state index contributed by atoms with van der Waals surface area (Å²) in [6, 6.07) is 14.7. The number of furan rings is 1. The Balaban J connectivity index is 1.72. The largest absolute Gasteiger partial charge is 0.467 e. The summed E-state index contributed by atoms with van der Waals surface area (Å²) in [6.07, 6.45) is 4.07. The molecule has 6 heteroatoms. The van der Waals surface area contributed by atoms with Gasteiger partial charge in [-0.3, -0.25) is 14.6 Å². The van der Waals surface area contributed by atoms with Gasteiger partial charge in [0.1, 0.15) is 5.76 Å². The summed E-state index contributed by atoms with van der Waals surface area (Å²) in [6.45, 7) is 4.13. The molecule has 0 saturated heterocycles. The first-order valence-corrected chi connectivity index (χ1v) is 9.49. The van der Waals surface area contributed by atoms with Crippen LogP contribution in [0.25, 0.3) is 10.9 Å². The maximum absolute atomic E-state index is 12.9. The number of aryl methyl sites for hydroxylation is 2. The molecule has 0 bridgehead atoms. The molecule has 1 aromatic carbocycles. The molecule has 1 N–H and O–H groups in total. The van der Waals surface area contributed by atoms with Crippen molar-refractivity contribution >= 4 is 22.5 Å². The number of benzene rings is 1. The Morgan fingerprint density at radius 1 is 1.17 bits per heavy atom. The van der Waals surface area contributed by atoms with E-state index in [0.717, 1.165) is 17.7 Å². The Bertz CT molecular complexity index is 1240. The molecule has 4 rings (SSSR count). The van der Waals surface area contributed by atoms with Crippen molar-refractivity contribution < 1.29 is 9.21 Å². The van der Waals surface area contributed by atoms with Gasteiger partial charge in [0.15, 0.2) is 0 Å². The summed E-state index contributed by atoms with van der Waals surface area (Å²) >= 11 is 0.